The molecule has 2 rings (SSSR count). The molecule has 0 aliphatic rings. The molecular formula is C35H60NiO7P2. The fourth-order valence-corrected chi connectivity index (χ4v) is 7.59. The molecule has 0 aromatic heterocycles. The van der Waals surface area contributed by atoms with Crippen LogP contribution >= 0.6 is 15.2 Å². The zero-order valence-corrected chi connectivity index (χ0v) is 33.1. The van der Waals surface area contributed by atoms with E-state index in [4.69, 9.17) is 9.05 Å². The fourth-order valence-electron chi connectivity index (χ4n) is 5.31. The molecule has 0 bridgehead atoms. The first-order valence-electron chi connectivity index (χ1n) is 15.5. The predicted molar refractivity (Wildman–Crippen MR) is 184 cm³/mol. The molecule has 0 heterocycles. The molecule has 2 unspecified atom stereocenters. The van der Waals surface area contributed by atoms with Crippen molar-refractivity contribution < 1.29 is 49.6 Å². The van der Waals surface area contributed by atoms with Crippen LogP contribution in [0.4, 0.5) is 0 Å². The van der Waals surface area contributed by atoms with Gasteiger partial charge in [-0.25, -0.2) is 0 Å². The van der Waals surface area contributed by atoms with Gasteiger partial charge in [-0.05, 0) is 81.4 Å². The summed E-state index contributed by atoms with van der Waals surface area (Å²) in [6.07, 6.45) is 0.0144. The Hall–Kier alpha value is -0.966. The molecule has 45 heavy (non-hydrogen) atoms. The molecule has 0 radical (unpaired) electrons. The summed E-state index contributed by atoms with van der Waals surface area (Å²) in [5.41, 5.74) is 6.35. The Labute approximate surface area is 283 Å². The van der Waals surface area contributed by atoms with Crippen molar-refractivity contribution in [3.8, 4) is 5.75 Å². The maximum Gasteiger partial charge on any atom is 0.332 e. The fraction of sp³-hybridized carbons (Fsp3) is 0.657. The van der Waals surface area contributed by atoms with Crippen LogP contribution in [0.15, 0.2) is 24.3 Å². The first kappa shape index (κ1) is 44.0. The maximum absolute atomic E-state index is 12.1. The Morgan fingerprint density at radius 3 is 1.04 bits per heavy atom. The molecule has 2 atom stereocenters. The number of rotatable bonds is 8. The van der Waals surface area contributed by atoms with Gasteiger partial charge in [0.25, 0.3) is 0 Å². The quantitative estimate of drug-likeness (QED) is 0.184. The van der Waals surface area contributed by atoms with E-state index >= 15 is 0 Å². The molecule has 2 aromatic carbocycles. The van der Waals surface area contributed by atoms with Gasteiger partial charge in [0.05, 0.1) is 25.5 Å². The van der Waals surface area contributed by atoms with Gasteiger partial charge in [0.1, 0.15) is 5.75 Å². The average molecular weight is 713 g/mol. The third-order valence-electron chi connectivity index (χ3n) is 7.30. The number of phenolic OH excluding ortho intramolecular Hbond substituents is 1. The van der Waals surface area contributed by atoms with E-state index in [1.165, 1.54) is 16.7 Å². The Bertz CT molecular complexity index is 1200. The van der Waals surface area contributed by atoms with Crippen molar-refractivity contribution in [2.24, 2.45) is 0 Å². The molecule has 262 valence electrons. The summed E-state index contributed by atoms with van der Waals surface area (Å²) in [7, 11) is -7.23. The van der Waals surface area contributed by atoms with E-state index in [0.29, 0.717) is 5.56 Å². The van der Waals surface area contributed by atoms with Crippen molar-refractivity contribution >= 4 is 15.2 Å². The van der Waals surface area contributed by atoms with Gasteiger partial charge in [-0.2, -0.15) is 0 Å². The molecule has 3 N–H and O–H groups in total. The molecule has 0 spiro atoms. The zero-order valence-electron chi connectivity index (χ0n) is 30.3. The van der Waals surface area contributed by atoms with E-state index in [1.807, 2.05) is 53.7 Å². The van der Waals surface area contributed by atoms with Crippen molar-refractivity contribution in [2.45, 2.75) is 138 Å². The number of benzene rings is 2. The van der Waals surface area contributed by atoms with Crippen LogP contribution in [-0.4, -0.2) is 28.1 Å². The summed E-state index contributed by atoms with van der Waals surface area (Å²) < 4.78 is 34.2. The maximum atomic E-state index is 12.1. The van der Waals surface area contributed by atoms with Crippen molar-refractivity contribution in [1.82, 2.24) is 0 Å². The van der Waals surface area contributed by atoms with E-state index in [0.717, 1.165) is 16.7 Å². The van der Waals surface area contributed by atoms with Gasteiger partial charge in [-0.15, -0.1) is 0 Å². The van der Waals surface area contributed by atoms with Crippen LogP contribution in [0.2, 0.25) is 0 Å². The molecule has 0 fully saturated rings. The first-order chi connectivity index (χ1) is 19.6. The minimum Gasteiger partial charge on any atom is -0.507 e. The van der Waals surface area contributed by atoms with Crippen molar-refractivity contribution in [1.29, 1.82) is 0 Å². The molecule has 0 saturated carbocycles. The summed E-state index contributed by atoms with van der Waals surface area (Å²) in [4.78, 5) is 19.9. The van der Waals surface area contributed by atoms with Crippen LogP contribution in [0.1, 0.15) is 136 Å². The van der Waals surface area contributed by atoms with Crippen LogP contribution in [0, 0.1) is 6.92 Å². The third kappa shape index (κ3) is 13.6. The zero-order chi connectivity index (χ0) is 34.7. The van der Waals surface area contributed by atoms with Gasteiger partial charge >= 0.3 is 15.2 Å². The number of hydrogen-bond acceptors (Lipinski definition) is 5. The molecule has 0 amide bonds. The van der Waals surface area contributed by atoms with E-state index in [9.17, 15) is 24.0 Å². The van der Waals surface area contributed by atoms with Crippen molar-refractivity contribution in [3.05, 3.63) is 63.2 Å². The molecule has 0 saturated heterocycles. The second kappa shape index (κ2) is 16.0. The largest absolute Gasteiger partial charge is 0.507 e. The van der Waals surface area contributed by atoms with Gasteiger partial charge in [0.15, 0.2) is 0 Å². The minimum atomic E-state index is -3.66. The Balaban J connectivity index is 0.000000842. The predicted octanol–water partition coefficient (Wildman–Crippen LogP) is 10.0. The monoisotopic (exact) mass is 712 g/mol. The Morgan fingerprint density at radius 1 is 0.578 bits per heavy atom. The van der Waals surface area contributed by atoms with Crippen LogP contribution in [-0.2, 0) is 68.7 Å². The van der Waals surface area contributed by atoms with Gasteiger partial charge in [-0.1, -0.05) is 107 Å². The van der Waals surface area contributed by atoms with Crippen LogP contribution in [0.3, 0.4) is 0 Å². The number of aromatic hydroxyl groups is 1. The molecule has 0 aliphatic heterocycles. The number of phenols is 1. The SMILES string of the molecule is CCOP(=O)(O)Cc1cc(C(C)(C)C)c(C)c(C(C)(C)C)c1.CCOP(=O)(O)Cc1cc(C(C)(C)C)c(O)c(C(C)(C)C)c1.[Ni]. The van der Waals surface area contributed by atoms with Crippen molar-refractivity contribution in [3.63, 3.8) is 0 Å². The molecule has 7 nitrogen and oxygen atoms in total. The molecule has 10 heteroatoms. The van der Waals surface area contributed by atoms with Crippen molar-refractivity contribution in [2.75, 3.05) is 13.2 Å². The van der Waals surface area contributed by atoms with Gasteiger partial charge in [0.2, 0.25) is 0 Å². The average Bonchev–Trinajstić information content (AvgIpc) is 2.78. The van der Waals surface area contributed by atoms with Crippen LogP contribution in [0.5, 0.6) is 5.75 Å². The normalized spacial score (nSPS) is 15.3. The number of hydrogen-bond donors (Lipinski definition) is 3. The van der Waals surface area contributed by atoms with Crippen LogP contribution in [0.25, 0.3) is 0 Å². The summed E-state index contributed by atoms with van der Waals surface area (Å²) >= 11 is 0. The molecular weight excluding hydrogens is 653 g/mol. The van der Waals surface area contributed by atoms with Crippen LogP contribution < -0.4 is 0 Å². The topological polar surface area (TPSA) is 113 Å². The van der Waals surface area contributed by atoms with Gasteiger partial charge in [-0.3, -0.25) is 9.13 Å². The Kier molecular flexibility index (Phi) is 15.6. The van der Waals surface area contributed by atoms with E-state index in [2.05, 4.69) is 60.6 Å². The first-order valence-corrected chi connectivity index (χ1v) is 19.0. The third-order valence-corrected chi connectivity index (χ3v) is 10.1. The molecule has 0 aliphatic carbocycles. The molecule has 2 aromatic rings. The Morgan fingerprint density at radius 2 is 0.822 bits per heavy atom. The smallest absolute Gasteiger partial charge is 0.332 e. The van der Waals surface area contributed by atoms with E-state index in [-0.39, 0.29) is 69.4 Å². The summed E-state index contributed by atoms with van der Waals surface area (Å²) in [6, 6.07) is 7.75. The second-order valence-electron chi connectivity index (χ2n) is 15.8. The van der Waals surface area contributed by atoms with E-state index < -0.39 is 15.2 Å². The second-order valence-corrected chi connectivity index (χ2v) is 19.5. The van der Waals surface area contributed by atoms with Gasteiger partial charge in [0, 0.05) is 16.5 Å². The standard InChI is InChI=1S/C18H31O3P.C17H29O4P.Ni/c1-9-21-22(19,20)12-14-10-15(17(3,4)5)13(2)16(11-14)18(6,7)8;1-8-21-22(19,20)11-12-9-13(16(2,3)4)15(18)14(10-12)17(5,6)7;/h10-11H,9,12H2,1-8H3,(H,19,20);9-10,18H,8,11H2,1-7H3,(H,19,20);. The van der Waals surface area contributed by atoms with Gasteiger partial charge < -0.3 is 23.9 Å². The minimum absolute atomic E-state index is 0. The summed E-state index contributed by atoms with van der Waals surface area (Å²) in [5.74, 6) is 0.271. The van der Waals surface area contributed by atoms with E-state index in [1.54, 1.807) is 13.8 Å². The summed E-state index contributed by atoms with van der Waals surface area (Å²) in [6.45, 7) is 31.1. The summed E-state index contributed by atoms with van der Waals surface area (Å²) in [5, 5.41) is 10.6.